The number of carbonyl (C=O) groups excluding carboxylic acids is 2. The van der Waals surface area contributed by atoms with Gasteiger partial charge in [0.2, 0.25) is 5.91 Å². The number of urea groups is 1. The third-order valence-corrected chi connectivity index (χ3v) is 5.42. The Hall–Kier alpha value is -2.77. The van der Waals surface area contributed by atoms with Gasteiger partial charge in [0.25, 0.3) is 0 Å². The first-order valence-corrected chi connectivity index (χ1v) is 9.46. The van der Waals surface area contributed by atoms with E-state index in [2.05, 4.69) is 5.32 Å². The van der Waals surface area contributed by atoms with E-state index in [4.69, 9.17) is 5.73 Å². The SMILES string of the molecule is CCn1c(=O)n(CC)c2cc(NC(=O)N3CCC(C(N)=O)CC3)c(C)cc21. The minimum atomic E-state index is -0.297. The van der Waals surface area contributed by atoms with Crippen LogP contribution in [0, 0.1) is 12.8 Å². The van der Waals surface area contributed by atoms with Crippen LogP contribution in [0.3, 0.4) is 0 Å². The molecule has 3 amide bonds. The zero-order valence-electron chi connectivity index (χ0n) is 16.1. The highest BCUT2D eigenvalue weighted by Gasteiger charge is 2.26. The van der Waals surface area contributed by atoms with E-state index in [1.54, 1.807) is 14.0 Å². The third-order valence-electron chi connectivity index (χ3n) is 5.42. The van der Waals surface area contributed by atoms with Gasteiger partial charge in [-0.3, -0.25) is 13.9 Å². The third kappa shape index (κ3) is 3.43. The van der Waals surface area contributed by atoms with E-state index < -0.39 is 0 Å². The summed E-state index contributed by atoms with van der Waals surface area (Å²) in [4.78, 5) is 38.1. The number of fused-ring (bicyclic) bond motifs is 1. The molecule has 3 N–H and O–H groups in total. The van der Waals surface area contributed by atoms with Crippen molar-refractivity contribution in [2.24, 2.45) is 11.7 Å². The quantitative estimate of drug-likeness (QED) is 0.855. The number of piperidine rings is 1. The Morgan fingerprint density at radius 3 is 2.19 bits per heavy atom. The summed E-state index contributed by atoms with van der Waals surface area (Å²) in [5, 5.41) is 2.96. The van der Waals surface area contributed by atoms with Crippen LogP contribution in [0.2, 0.25) is 0 Å². The van der Waals surface area contributed by atoms with Crippen molar-refractivity contribution in [3.05, 3.63) is 28.2 Å². The molecule has 1 saturated heterocycles. The first kappa shape index (κ1) is 19.0. The largest absolute Gasteiger partial charge is 0.369 e. The lowest BCUT2D eigenvalue weighted by molar-refractivity contribution is -0.122. The number of primary amides is 1. The van der Waals surface area contributed by atoms with Crippen LogP contribution in [-0.2, 0) is 17.9 Å². The lowest BCUT2D eigenvalue weighted by Crippen LogP contribution is -2.43. The normalized spacial score (nSPS) is 15.3. The van der Waals surface area contributed by atoms with Crippen LogP contribution in [0.15, 0.2) is 16.9 Å². The number of hydrogen-bond acceptors (Lipinski definition) is 3. The van der Waals surface area contributed by atoms with Gasteiger partial charge < -0.3 is 16.0 Å². The van der Waals surface area contributed by atoms with E-state index >= 15 is 0 Å². The van der Waals surface area contributed by atoms with Crippen LogP contribution < -0.4 is 16.7 Å². The van der Waals surface area contributed by atoms with Crippen LogP contribution in [0.5, 0.6) is 0 Å². The Bertz CT molecular complexity index is 935. The van der Waals surface area contributed by atoms with Crippen molar-refractivity contribution in [3.63, 3.8) is 0 Å². The van der Waals surface area contributed by atoms with E-state index in [-0.39, 0.29) is 23.5 Å². The number of benzene rings is 1. The number of aromatic nitrogens is 2. The summed E-state index contributed by atoms with van der Waals surface area (Å²) in [5.41, 5.74) is 8.60. The van der Waals surface area contributed by atoms with E-state index in [9.17, 15) is 14.4 Å². The number of nitrogens with two attached hydrogens (primary N) is 1. The molecule has 2 aromatic rings. The summed E-state index contributed by atoms with van der Waals surface area (Å²) in [6, 6.07) is 3.62. The number of rotatable bonds is 4. The van der Waals surface area contributed by atoms with Gasteiger partial charge in [-0.1, -0.05) is 0 Å². The molecule has 1 aromatic carbocycles. The van der Waals surface area contributed by atoms with Gasteiger partial charge in [-0.25, -0.2) is 9.59 Å². The maximum Gasteiger partial charge on any atom is 0.329 e. The van der Waals surface area contributed by atoms with Gasteiger partial charge in [0.05, 0.1) is 11.0 Å². The zero-order valence-corrected chi connectivity index (χ0v) is 16.1. The van der Waals surface area contributed by atoms with E-state index in [0.717, 1.165) is 16.6 Å². The Balaban J connectivity index is 1.85. The standard InChI is InChI=1S/C19H27N5O3/c1-4-23-15-10-12(3)14(11-16(15)24(5-2)19(23)27)21-18(26)22-8-6-13(7-9-22)17(20)25/h10-11,13H,4-9H2,1-3H3,(H2,20,25)(H,21,26). The van der Waals surface area contributed by atoms with Crippen molar-refractivity contribution < 1.29 is 9.59 Å². The second-order valence-electron chi connectivity index (χ2n) is 7.02. The summed E-state index contributed by atoms with van der Waals surface area (Å²) in [7, 11) is 0. The topological polar surface area (TPSA) is 102 Å². The maximum atomic E-state index is 12.6. The van der Waals surface area contributed by atoms with E-state index in [0.29, 0.717) is 44.7 Å². The number of nitrogens with zero attached hydrogens (tertiary/aromatic N) is 3. The highest BCUT2D eigenvalue weighted by Crippen LogP contribution is 2.25. The number of nitrogens with one attached hydrogen (secondary N) is 1. The van der Waals surface area contributed by atoms with Gasteiger partial charge >= 0.3 is 11.7 Å². The fourth-order valence-corrected chi connectivity index (χ4v) is 3.77. The fourth-order valence-electron chi connectivity index (χ4n) is 3.77. The van der Waals surface area contributed by atoms with Crippen molar-refractivity contribution in [2.45, 2.75) is 46.7 Å². The molecular weight excluding hydrogens is 346 g/mol. The molecule has 146 valence electrons. The molecule has 3 rings (SSSR count). The second kappa shape index (κ2) is 7.46. The Labute approximate surface area is 157 Å². The van der Waals surface area contributed by atoms with Gasteiger partial charge in [0, 0.05) is 37.8 Å². The van der Waals surface area contributed by atoms with Crippen LogP contribution >= 0.6 is 0 Å². The molecule has 27 heavy (non-hydrogen) atoms. The second-order valence-corrected chi connectivity index (χ2v) is 7.02. The van der Waals surface area contributed by atoms with Crippen LogP contribution in [-0.4, -0.2) is 39.1 Å². The van der Waals surface area contributed by atoms with Crippen molar-refractivity contribution in [1.29, 1.82) is 0 Å². The molecule has 0 unspecified atom stereocenters. The molecule has 1 aromatic heterocycles. The lowest BCUT2D eigenvalue weighted by atomic mass is 9.96. The summed E-state index contributed by atoms with van der Waals surface area (Å²) in [6.45, 7) is 7.98. The smallest absolute Gasteiger partial charge is 0.329 e. The summed E-state index contributed by atoms with van der Waals surface area (Å²) in [6.07, 6.45) is 1.19. The molecule has 0 bridgehead atoms. The van der Waals surface area contributed by atoms with E-state index in [1.165, 1.54) is 0 Å². The van der Waals surface area contributed by atoms with Crippen molar-refractivity contribution in [3.8, 4) is 0 Å². The van der Waals surface area contributed by atoms with Gasteiger partial charge in [0.15, 0.2) is 0 Å². The van der Waals surface area contributed by atoms with Crippen molar-refractivity contribution >= 4 is 28.7 Å². The molecule has 2 heterocycles. The average Bonchev–Trinajstić information content (AvgIpc) is 2.91. The Morgan fingerprint density at radius 2 is 1.67 bits per heavy atom. The molecule has 0 spiro atoms. The minimum Gasteiger partial charge on any atom is -0.369 e. The van der Waals surface area contributed by atoms with Crippen LogP contribution in [0.4, 0.5) is 10.5 Å². The zero-order chi connectivity index (χ0) is 19.7. The number of hydrogen-bond donors (Lipinski definition) is 2. The molecule has 1 aliphatic heterocycles. The molecule has 8 nitrogen and oxygen atoms in total. The molecular formula is C19H27N5O3. The minimum absolute atomic E-state index is 0.0357. The molecule has 1 aliphatic rings. The predicted molar refractivity (Wildman–Crippen MR) is 105 cm³/mol. The average molecular weight is 373 g/mol. The van der Waals surface area contributed by atoms with Gasteiger partial charge in [-0.05, 0) is 51.3 Å². The summed E-state index contributed by atoms with van der Waals surface area (Å²) >= 11 is 0. The molecule has 0 saturated carbocycles. The van der Waals surface area contributed by atoms with Gasteiger partial charge in [-0.15, -0.1) is 0 Å². The Morgan fingerprint density at radius 1 is 1.11 bits per heavy atom. The first-order valence-electron chi connectivity index (χ1n) is 9.46. The monoisotopic (exact) mass is 373 g/mol. The molecule has 0 atom stereocenters. The molecule has 1 fully saturated rings. The van der Waals surface area contributed by atoms with Gasteiger partial charge in [0.1, 0.15) is 0 Å². The highest BCUT2D eigenvalue weighted by molar-refractivity contribution is 5.93. The number of aryl methyl sites for hydroxylation is 3. The first-order chi connectivity index (χ1) is 12.9. The Kier molecular flexibility index (Phi) is 5.25. The maximum absolute atomic E-state index is 12.6. The highest BCUT2D eigenvalue weighted by atomic mass is 16.2. The number of amides is 3. The van der Waals surface area contributed by atoms with Crippen LogP contribution in [0.1, 0.15) is 32.3 Å². The fraction of sp³-hybridized carbons (Fsp3) is 0.526. The summed E-state index contributed by atoms with van der Waals surface area (Å²) < 4.78 is 3.46. The summed E-state index contributed by atoms with van der Waals surface area (Å²) in [5.74, 6) is -0.450. The molecule has 8 heteroatoms. The van der Waals surface area contributed by atoms with E-state index in [1.807, 2.05) is 32.9 Å². The number of imidazole rings is 1. The van der Waals surface area contributed by atoms with Crippen LogP contribution in [0.25, 0.3) is 11.0 Å². The van der Waals surface area contributed by atoms with Crippen molar-refractivity contribution in [2.75, 3.05) is 18.4 Å². The number of anilines is 1. The van der Waals surface area contributed by atoms with Crippen molar-refractivity contribution in [1.82, 2.24) is 14.0 Å². The molecule has 0 radical (unpaired) electrons. The van der Waals surface area contributed by atoms with Gasteiger partial charge in [-0.2, -0.15) is 0 Å². The lowest BCUT2D eigenvalue weighted by Gasteiger charge is -2.30. The molecule has 0 aliphatic carbocycles. The number of carbonyl (C=O) groups is 2. The number of likely N-dealkylation sites (tertiary alicyclic amines) is 1. The predicted octanol–water partition coefficient (Wildman–Crippen LogP) is 1.88.